The predicted molar refractivity (Wildman–Crippen MR) is 103 cm³/mol. The number of hydrogen-bond donors (Lipinski definition) is 1. The summed E-state index contributed by atoms with van der Waals surface area (Å²) in [6.45, 7) is 6.80. The van der Waals surface area contributed by atoms with Gasteiger partial charge in [-0.2, -0.15) is 5.10 Å². The Morgan fingerprint density at radius 2 is 1.96 bits per heavy atom. The van der Waals surface area contributed by atoms with Crippen LogP contribution in [0.25, 0.3) is 11.0 Å². The molecule has 0 atom stereocenters. The number of rotatable bonds is 6. The van der Waals surface area contributed by atoms with Crippen molar-refractivity contribution in [3.05, 3.63) is 65.4 Å². The largest absolute Gasteiger partial charge is 0.494 e. The molecule has 2 aromatic carbocycles. The van der Waals surface area contributed by atoms with Gasteiger partial charge in [-0.15, -0.1) is 0 Å². The molecule has 5 nitrogen and oxygen atoms in total. The van der Waals surface area contributed by atoms with E-state index in [1.165, 1.54) is 5.56 Å². The average molecular weight is 350 g/mol. The van der Waals surface area contributed by atoms with Gasteiger partial charge in [-0.25, -0.2) is 5.43 Å². The fourth-order valence-corrected chi connectivity index (χ4v) is 2.58. The molecule has 1 N–H and O–H groups in total. The minimum absolute atomic E-state index is 0.209. The highest BCUT2D eigenvalue weighted by Gasteiger charge is 2.12. The van der Waals surface area contributed by atoms with Crippen molar-refractivity contribution in [2.75, 3.05) is 6.61 Å². The normalized spacial score (nSPS) is 11.4. The van der Waals surface area contributed by atoms with Crippen LogP contribution in [-0.4, -0.2) is 18.7 Å². The van der Waals surface area contributed by atoms with Crippen LogP contribution in [0.1, 0.15) is 48.4 Å². The molecule has 1 heterocycles. The lowest BCUT2D eigenvalue weighted by Crippen LogP contribution is -2.16. The van der Waals surface area contributed by atoms with Crippen molar-refractivity contribution in [1.82, 2.24) is 5.43 Å². The third-order valence-corrected chi connectivity index (χ3v) is 4.01. The number of nitrogens with zero attached hydrogens (tertiary/aromatic N) is 1. The molecular formula is C21H22N2O3. The first-order chi connectivity index (χ1) is 12.6. The molecule has 1 amide bonds. The van der Waals surface area contributed by atoms with Crippen molar-refractivity contribution in [1.29, 1.82) is 0 Å². The van der Waals surface area contributed by atoms with Crippen LogP contribution in [0.3, 0.4) is 0 Å². The Hall–Kier alpha value is -3.08. The number of amides is 1. The number of hydrogen-bond acceptors (Lipinski definition) is 4. The number of benzene rings is 2. The first kappa shape index (κ1) is 17.7. The fraction of sp³-hybridized carbons (Fsp3) is 0.238. The van der Waals surface area contributed by atoms with Crippen molar-refractivity contribution >= 4 is 23.1 Å². The molecule has 3 rings (SSSR count). The summed E-state index contributed by atoms with van der Waals surface area (Å²) in [6.07, 6.45) is 1.61. The van der Waals surface area contributed by atoms with E-state index in [9.17, 15) is 4.79 Å². The van der Waals surface area contributed by atoms with Gasteiger partial charge in [0.25, 0.3) is 0 Å². The summed E-state index contributed by atoms with van der Waals surface area (Å²) in [5.74, 6) is 1.04. The maximum absolute atomic E-state index is 12.2. The molecular weight excluding hydrogens is 328 g/mol. The Kier molecular flexibility index (Phi) is 5.37. The van der Waals surface area contributed by atoms with Crippen molar-refractivity contribution in [3.8, 4) is 5.75 Å². The van der Waals surface area contributed by atoms with E-state index in [1.54, 1.807) is 18.3 Å². The molecule has 0 fully saturated rings. The summed E-state index contributed by atoms with van der Waals surface area (Å²) in [6, 6.07) is 15.2. The lowest BCUT2D eigenvalue weighted by Gasteiger charge is -2.04. The van der Waals surface area contributed by atoms with E-state index in [0.717, 1.165) is 16.7 Å². The van der Waals surface area contributed by atoms with Gasteiger partial charge in [0.05, 0.1) is 12.8 Å². The average Bonchev–Trinajstić information content (AvgIpc) is 3.06. The van der Waals surface area contributed by atoms with E-state index in [4.69, 9.17) is 9.15 Å². The van der Waals surface area contributed by atoms with Crippen molar-refractivity contribution in [2.24, 2.45) is 5.10 Å². The molecule has 0 aliphatic carbocycles. The maximum atomic E-state index is 12.2. The van der Waals surface area contributed by atoms with Crippen LogP contribution >= 0.6 is 0 Å². The summed E-state index contributed by atoms with van der Waals surface area (Å²) in [5, 5.41) is 4.81. The Balaban J connectivity index is 1.66. The Bertz CT molecular complexity index is 924. The molecule has 26 heavy (non-hydrogen) atoms. The smallest absolute Gasteiger partial charge is 0.307 e. The molecule has 0 saturated heterocycles. The summed E-state index contributed by atoms with van der Waals surface area (Å²) in [5.41, 5.74) is 5.30. The van der Waals surface area contributed by atoms with Gasteiger partial charge in [0.2, 0.25) is 0 Å². The van der Waals surface area contributed by atoms with Crippen molar-refractivity contribution < 1.29 is 13.9 Å². The van der Waals surface area contributed by atoms with Crippen LogP contribution in [0.4, 0.5) is 0 Å². The summed E-state index contributed by atoms with van der Waals surface area (Å²) in [7, 11) is 0. The molecule has 0 aliphatic rings. The van der Waals surface area contributed by atoms with Crippen molar-refractivity contribution in [2.45, 2.75) is 26.7 Å². The first-order valence-corrected chi connectivity index (χ1v) is 8.66. The Morgan fingerprint density at radius 3 is 2.65 bits per heavy atom. The van der Waals surface area contributed by atoms with E-state index < -0.39 is 5.91 Å². The van der Waals surface area contributed by atoms with E-state index in [-0.39, 0.29) is 5.76 Å². The summed E-state index contributed by atoms with van der Waals surface area (Å²) >= 11 is 0. The van der Waals surface area contributed by atoms with Crippen LogP contribution in [0.2, 0.25) is 0 Å². The fourth-order valence-electron chi connectivity index (χ4n) is 2.58. The van der Waals surface area contributed by atoms with E-state index in [0.29, 0.717) is 18.1 Å². The molecule has 1 aromatic heterocycles. The number of carbonyl (C=O) groups is 1. The molecule has 0 radical (unpaired) electrons. The Labute approximate surface area is 152 Å². The zero-order chi connectivity index (χ0) is 18.5. The van der Waals surface area contributed by atoms with Gasteiger partial charge in [-0.1, -0.05) is 38.1 Å². The van der Waals surface area contributed by atoms with Gasteiger partial charge in [0.15, 0.2) is 5.76 Å². The molecule has 0 spiro atoms. The van der Waals surface area contributed by atoms with Gasteiger partial charge < -0.3 is 9.15 Å². The highest BCUT2D eigenvalue weighted by atomic mass is 16.5. The number of carbonyl (C=O) groups excluding carboxylic acids is 1. The summed E-state index contributed by atoms with van der Waals surface area (Å²) < 4.78 is 11.0. The minimum atomic E-state index is -0.394. The highest BCUT2D eigenvalue weighted by Crippen LogP contribution is 2.24. The second-order valence-corrected chi connectivity index (χ2v) is 6.26. The van der Waals surface area contributed by atoms with Crippen LogP contribution < -0.4 is 10.2 Å². The third-order valence-electron chi connectivity index (χ3n) is 4.01. The van der Waals surface area contributed by atoms with Crippen LogP contribution in [-0.2, 0) is 0 Å². The maximum Gasteiger partial charge on any atom is 0.307 e. The number of furan rings is 1. The van der Waals surface area contributed by atoms with Gasteiger partial charge in [-0.3, -0.25) is 4.79 Å². The summed E-state index contributed by atoms with van der Waals surface area (Å²) in [4.78, 5) is 12.2. The quantitative estimate of drug-likeness (QED) is 0.517. The first-order valence-electron chi connectivity index (χ1n) is 8.66. The highest BCUT2D eigenvalue weighted by molar-refractivity contribution is 5.96. The number of fused-ring (bicyclic) bond motifs is 1. The Morgan fingerprint density at radius 1 is 1.19 bits per heavy atom. The third kappa shape index (κ3) is 4.11. The lowest BCUT2D eigenvalue weighted by molar-refractivity contribution is 0.0929. The van der Waals surface area contributed by atoms with Crippen molar-refractivity contribution in [3.63, 3.8) is 0 Å². The SMILES string of the molecule is CCOc1ccc2oc(C(=O)N/N=C/c3ccc(C(C)C)cc3)cc2c1. The zero-order valence-electron chi connectivity index (χ0n) is 15.2. The molecule has 3 aromatic rings. The molecule has 0 aliphatic heterocycles. The van der Waals surface area contributed by atoms with Gasteiger partial charge in [0.1, 0.15) is 11.3 Å². The molecule has 5 heteroatoms. The number of ether oxygens (including phenoxy) is 1. The standard InChI is InChI=1S/C21H22N2O3/c1-4-25-18-9-10-19-17(11-18)12-20(26-19)21(24)23-22-13-15-5-7-16(8-6-15)14(2)3/h5-14H,4H2,1-3H3,(H,23,24)/b22-13+. The molecule has 134 valence electrons. The van der Waals surface area contributed by atoms with E-state index in [2.05, 4.69) is 36.5 Å². The lowest BCUT2D eigenvalue weighted by atomic mass is 10.0. The number of hydrazone groups is 1. The van der Waals surface area contributed by atoms with E-state index in [1.807, 2.05) is 31.2 Å². The van der Waals surface area contributed by atoms with Crippen LogP contribution in [0.5, 0.6) is 5.75 Å². The number of nitrogens with one attached hydrogen (secondary N) is 1. The molecule has 0 unspecified atom stereocenters. The van der Waals surface area contributed by atoms with Crippen LogP contribution in [0, 0.1) is 0 Å². The second kappa shape index (κ2) is 7.87. The zero-order valence-corrected chi connectivity index (χ0v) is 15.2. The minimum Gasteiger partial charge on any atom is -0.494 e. The van der Waals surface area contributed by atoms with Gasteiger partial charge >= 0.3 is 5.91 Å². The topological polar surface area (TPSA) is 63.8 Å². The van der Waals surface area contributed by atoms with Gasteiger partial charge in [0, 0.05) is 5.39 Å². The predicted octanol–water partition coefficient (Wildman–Crippen LogP) is 4.72. The van der Waals surface area contributed by atoms with Crippen LogP contribution in [0.15, 0.2) is 58.0 Å². The monoisotopic (exact) mass is 350 g/mol. The second-order valence-electron chi connectivity index (χ2n) is 6.26. The molecule has 0 saturated carbocycles. The van der Waals surface area contributed by atoms with Gasteiger partial charge in [-0.05, 0) is 48.2 Å². The van der Waals surface area contributed by atoms with E-state index >= 15 is 0 Å². The molecule has 0 bridgehead atoms.